The Balaban J connectivity index is 5.55. The molecule has 0 aliphatic rings. The van der Waals surface area contributed by atoms with E-state index in [0.29, 0.717) is 18.6 Å². The first-order chi connectivity index (χ1) is 16.4. The van der Waals surface area contributed by atoms with E-state index in [2.05, 4.69) is 33.6 Å². The maximum absolute atomic E-state index is 13.0. The first-order valence-electron chi connectivity index (χ1n) is 10.8. The molecule has 16 heteroatoms. The molecule has 4 atom stereocenters. The zero-order valence-electron chi connectivity index (χ0n) is 19.6. The highest BCUT2D eigenvalue weighted by Crippen LogP contribution is 2.06. The molecule has 35 heavy (non-hydrogen) atoms. The number of hydrogen-bond acceptors (Lipinski definition) is 9. The topological polar surface area (TPSA) is 258 Å². The lowest BCUT2D eigenvalue weighted by atomic mass is 10.1. The van der Waals surface area contributed by atoms with Gasteiger partial charge in [0.2, 0.25) is 23.6 Å². The Morgan fingerprint density at radius 2 is 1.46 bits per heavy atom. The third-order valence-electron chi connectivity index (χ3n) is 4.66. The third-order valence-corrected chi connectivity index (χ3v) is 5.67. The van der Waals surface area contributed by atoms with Gasteiger partial charge in [0.1, 0.15) is 18.1 Å². The fraction of sp³-hybridized carbons (Fsp3) is 0.684. The third kappa shape index (κ3) is 14.3. The van der Waals surface area contributed by atoms with E-state index in [1.165, 1.54) is 11.8 Å². The highest BCUT2D eigenvalue weighted by Gasteiger charge is 2.30. The van der Waals surface area contributed by atoms with Crippen LogP contribution in [0.1, 0.15) is 32.1 Å². The molecule has 0 heterocycles. The Morgan fingerprint density at radius 1 is 0.914 bits per heavy atom. The number of thioether (sulfide) groups is 1. The van der Waals surface area contributed by atoms with Crippen molar-refractivity contribution in [3.05, 3.63) is 0 Å². The summed E-state index contributed by atoms with van der Waals surface area (Å²) < 4.78 is 0. The molecule has 0 fully saturated rings. The molecule has 0 aromatic carbocycles. The molecule has 0 bridgehead atoms. The Kier molecular flexibility index (Phi) is 16.3. The molecule has 0 spiro atoms. The molecule has 200 valence electrons. The number of primary amides is 1. The number of aliphatic imine (C=N–C) groups is 1. The van der Waals surface area contributed by atoms with Crippen molar-refractivity contribution in [1.82, 2.24) is 16.0 Å². The lowest BCUT2D eigenvalue weighted by Gasteiger charge is -2.25. The van der Waals surface area contributed by atoms with E-state index in [4.69, 9.17) is 28.0 Å². The van der Waals surface area contributed by atoms with Crippen molar-refractivity contribution in [2.24, 2.45) is 27.9 Å². The molecule has 12 N–H and O–H groups in total. The van der Waals surface area contributed by atoms with E-state index in [9.17, 15) is 24.0 Å². The van der Waals surface area contributed by atoms with Crippen LogP contribution in [0.4, 0.5) is 0 Å². The van der Waals surface area contributed by atoms with Crippen LogP contribution in [0.2, 0.25) is 0 Å². The van der Waals surface area contributed by atoms with E-state index < -0.39 is 53.8 Å². The molecule has 4 amide bonds. The number of carbonyl (C=O) groups excluding carboxylic acids is 4. The monoisotopic (exact) mass is 536 g/mol. The van der Waals surface area contributed by atoms with Gasteiger partial charge < -0.3 is 44.0 Å². The second-order valence-corrected chi connectivity index (χ2v) is 8.90. The van der Waals surface area contributed by atoms with Gasteiger partial charge in [-0.05, 0) is 37.7 Å². The SMILES string of the molecule is CSCCC(N)C(=O)NC(CCCN=C(N)N)C(=O)NC(CCC(N)=O)C(=O)NC(CS)C(=O)O. The van der Waals surface area contributed by atoms with E-state index in [0.717, 1.165) is 0 Å². The van der Waals surface area contributed by atoms with E-state index in [1.54, 1.807) is 0 Å². The minimum Gasteiger partial charge on any atom is -0.480 e. The Labute approximate surface area is 213 Å². The van der Waals surface area contributed by atoms with Crippen LogP contribution in [0.5, 0.6) is 0 Å². The molecular formula is C19H36N8O6S2. The predicted octanol–water partition coefficient (Wildman–Crippen LogP) is -3.15. The standard InChI is InChI=1S/C19H36N8O6S2/c1-35-8-6-10(20)15(29)25-11(3-2-7-24-19(22)23)16(30)26-12(4-5-14(21)28)17(31)27-13(9-34)18(32)33/h10-13,34H,2-9,20H2,1H3,(H2,21,28)(H,25,29)(H,26,30)(H,27,31)(H,32,33)(H4,22,23,24). The number of nitrogens with one attached hydrogen (secondary N) is 3. The van der Waals surface area contributed by atoms with Gasteiger partial charge in [0.25, 0.3) is 0 Å². The first-order valence-corrected chi connectivity index (χ1v) is 12.8. The summed E-state index contributed by atoms with van der Waals surface area (Å²) in [5.41, 5.74) is 21.6. The number of carboxylic acids is 1. The Bertz CT molecular complexity index is 766. The minimum atomic E-state index is -1.32. The molecule has 0 aliphatic carbocycles. The van der Waals surface area contributed by atoms with Crippen LogP contribution in [0, 0.1) is 0 Å². The summed E-state index contributed by atoms with van der Waals surface area (Å²) in [5.74, 6) is -3.86. The molecule has 0 saturated carbocycles. The molecule has 4 unspecified atom stereocenters. The normalized spacial score (nSPS) is 14.0. The lowest BCUT2D eigenvalue weighted by molar-refractivity contribution is -0.141. The van der Waals surface area contributed by atoms with Crippen molar-refractivity contribution in [1.29, 1.82) is 0 Å². The smallest absolute Gasteiger partial charge is 0.327 e. The van der Waals surface area contributed by atoms with Gasteiger partial charge in [-0.1, -0.05) is 0 Å². The van der Waals surface area contributed by atoms with Gasteiger partial charge in [-0.2, -0.15) is 24.4 Å². The van der Waals surface area contributed by atoms with Gasteiger partial charge >= 0.3 is 5.97 Å². The Morgan fingerprint density at radius 3 is 1.94 bits per heavy atom. The number of rotatable bonds is 18. The predicted molar refractivity (Wildman–Crippen MR) is 137 cm³/mol. The maximum atomic E-state index is 13.0. The highest BCUT2D eigenvalue weighted by atomic mass is 32.2. The number of carboxylic acid groups (broad SMARTS) is 1. The summed E-state index contributed by atoms with van der Waals surface area (Å²) in [5, 5.41) is 16.4. The number of hydrogen-bond donors (Lipinski definition) is 9. The van der Waals surface area contributed by atoms with Crippen LogP contribution >= 0.6 is 24.4 Å². The van der Waals surface area contributed by atoms with E-state index in [-0.39, 0.29) is 37.5 Å². The quantitative estimate of drug-likeness (QED) is 0.0368. The fourth-order valence-corrected chi connectivity index (χ4v) is 3.45. The molecule has 0 aromatic heterocycles. The van der Waals surface area contributed by atoms with Crippen molar-refractivity contribution < 1.29 is 29.1 Å². The molecule has 0 saturated heterocycles. The second kappa shape index (κ2) is 17.7. The first kappa shape index (κ1) is 32.3. The van der Waals surface area contributed by atoms with Gasteiger partial charge in [-0.3, -0.25) is 24.2 Å². The number of aliphatic carboxylic acids is 1. The molecule has 14 nitrogen and oxygen atoms in total. The minimum absolute atomic E-state index is 0.113. The van der Waals surface area contributed by atoms with Gasteiger partial charge in [-0.25, -0.2) is 4.79 Å². The second-order valence-electron chi connectivity index (χ2n) is 7.55. The zero-order chi connectivity index (χ0) is 27.0. The van der Waals surface area contributed by atoms with Gasteiger partial charge in [0.05, 0.1) is 6.04 Å². The van der Waals surface area contributed by atoms with Crippen LogP contribution in [0.15, 0.2) is 4.99 Å². The van der Waals surface area contributed by atoms with E-state index >= 15 is 0 Å². The summed E-state index contributed by atoms with van der Waals surface area (Å²) in [6, 6.07) is -4.56. The van der Waals surface area contributed by atoms with E-state index in [1.807, 2.05) is 6.26 Å². The molecular weight excluding hydrogens is 500 g/mol. The number of nitrogens with zero attached hydrogens (tertiary/aromatic N) is 1. The van der Waals surface area contributed by atoms with Crippen molar-refractivity contribution in [3.8, 4) is 0 Å². The van der Waals surface area contributed by atoms with Crippen molar-refractivity contribution in [2.45, 2.75) is 56.3 Å². The molecule has 0 aliphatic heterocycles. The fourth-order valence-electron chi connectivity index (χ4n) is 2.71. The average molecular weight is 537 g/mol. The summed E-state index contributed by atoms with van der Waals surface area (Å²) in [6.07, 6.45) is 2.24. The number of amides is 4. The van der Waals surface area contributed by atoms with Crippen LogP contribution in [-0.4, -0.2) is 89.1 Å². The summed E-state index contributed by atoms with van der Waals surface area (Å²) in [4.78, 5) is 64.4. The van der Waals surface area contributed by atoms with Gasteiger partial charge in [0.15, 0.2) is 5.96 Å². The largest absolute Gasteiger partial charge is 0.480 e. The summed E-state index contributed by atoms with van der Waals surface area (Å²) >= 11 is 5.39. The summed E-state index contributed by atoms with van der Waals surface area (Å²) in [6.45, 7) is 0.189. The van der Waals surface area contributed by atoms with Crippen LogP contribution in [0.3, 0.4) is 0 Å². The molecule has 0 aromatic rings. The zero-order valence-corrected chi connectivity index (χ0v) is 21.3. The summed E-state index contributed by atoms with van der Waals surface area (Å²) in [7, 11) is 0. The number of thiol groups is 1. The lowest BCUT2D eigenvalue weighted by Crippen LogP contribution is -2.57. The van der Waals surface area contributed by atoms with Crippen molar-refractivity contribution in [3.63, 3.8) is 0 Å². The number of guanidine groups is 1. The van der Waals surface area contributed by atoms with Crippen molar-refractivity contribution in [2.75, 3.05) is 24.3 Å². The van der Waals surface area contributed by atoms with Gasteiger partial charge in [-0.15, -0.1) is 0 Å². The number of nitrogens with two attached hydrogens (primary N) is 4. The average Bonchev–Trinajstić information content (AvgIpc) is 2.79. The Hall–Kier alpha value is -2.72. The molecule has 0 rings (SSSR count). The highest BCUT2D eigenvalue weighted by molar-refractivity contribution is 7.98. The number of carbonyl (C=O) groups is 5. The van der Waals surface area contributed by atoms with Gasteiger partial charge in [0, 0.05) is 18.7 Å². The van der Waals surface area contributed by atoms with Crippen molar-refractivity contribution >= 4 is 59.9 Å². The van der Waals surface area contributed by atoms with Crippen LogP contribution < -0.4 is 38.9 Å². The molecule has 0 radical (unpaired) electrons. The van der Waals surface area contributed by atoms with Crippen LogP contribution in [0.25, 0.3) is 0 Å². The van der Waals surface area contributed by atoms with Crippen LogP contribution in [-0.2, 0) is 24.0 Å². The maximum Gasteiger partial charge on any atom is 0.327 e.